The van der Waals surface area contributed by atoms with E-state index in [9.17, 15) is 0 Å². The molecule has 0 saturated heterocycles. The molecule has 2 aromatic carbocycles. The fourth-order valence-corrected chi connectivity index (χ4v) is 6.24. The quantitative estimate of drug-likeness (QED) is 0.652. The summed E-state index contributed by atoms with van der Waals surface area (Å²) in [6.07, 6.45) is 6.36. The molecular weight excluding hydrogens is 312 g/mol. The molecule has 0 saturated carbocycles. The molecule has 1 aliphatic rings. The number of hydrogen-bond donors (Lipinski definition) is 1. The van der Waals surface area contributed by atoms with Crippen molar-refractivity contribution in [3.05, 3.63) is 82.8 Å². The minimum Gasteiger partial charge on any atom is -0.496 e. The molecule has 0 aliphatic carbocycles. The van der Waals surface area contributed by atoms with Crippen LogP contribution in [0.4, 0.5) is 0 Å². The Morgan fingerprint density at radius 3 is 2.33 bits per heavy atom. The Labute approximate surface area is 147 Å². The Bertz CT molecular complexity index is 835. The minimum atomic E-state index is -0.565. The highest BCUT2D eigenvalue weighted by molar-refractivity contribution is 8.21. The number of aryl methyl sites for hydroxylation is 2. The maximum absolute atomic E-state index is 5.54. The molecule has 3 rings (SSSR count). The van der Waals surface area contributed by atoms with Gasteiger partial charge >= 0.3 is 0 Å². The molecule has 0 radical (unpaired) electrons. The lowest BCUT2D eigenvalue weighted by Crippen LogP contribution is -1.94. The molecule has 1 atom stereocenters. The van der Waals surface area contributed by atoms with Crippen LogP contribution in [-0.4, -0.2) is 7.11 Å². The first kappa shape index (κ1) is 16.7. The Hall–Kier alpha value is -2.19. The van der Waals surface area contributed by atoms with E-state index in [1.54, 1.807) is 7.11 Å². The average molecular weight is 337 g/mol. The number of thiol groups is 1. The smallest absolute Gasteiger partial charge is 0.124 e. The van der Waals surface area contributed by atoms with E-state index in [0.29, 0.717) is 0 Å². The van der Waals surface area contributed by atoms with Gasteiger partial charge in [-0.25, -0.2) is 0 Å². The van der Waals surface area contributed by atoms with Crippen LogP contribution >= 0.6 is 10.9 Å². The zero-order chi connectivity index (χ0) is 17.3. The van der Waals surface area contributed by atoms with Crippen LogP contribution in [0, 0.1) is 13.8 Å². The molecule has 0 bridgehead atoms. The molecule has 1 heterocycles. The maximum atomic E-state index is 5.54. The Morgan fingerprint density at radius 2 is 1.75 bits per heavy atom. The fraction of sp³-hybridized carbons (Fsp3) is 0.182. The number of allylic oxidation sites excluding steroid dienone is 4. The van der Waals surface area contributed by atoms with E-state index in [4.69, 9.17) is 4.74 Å². The molecular formula is C22H24OS. The number of rotatable bonds is 4. The second-order valence-corrected chi connectivity index (χ2v) is 8.12. The van der Waals surface area contributed by atoms with Gasteiger partial charge in [-0.1, -0.05) is 43.0 Å². The zero-order valence-electron chi connectivity index (χ0n) is 14.8. The van der Waals surface area contributed by atoms with Crippen LogP contribution < -0.4 is 4.74 Å². The molecule has 0 N–H and O–H groups in total. The second kappa shape index (κ2) is 6.74. The third-order valence-corrected chi connectivity index (χ3v) is 6.94. The molecule has 1 unspecified atom stereocenters. The van der Waals surface area contributed by atoms with Crippen molar-refractivity contribution >= 4 is 16.5 Å². The first-order chi connectivity index (χ1) is 11.6. The Morgan fingerprint density at radius 1 is 1.08 bits per heavy atom. The van der Waals surface area contributed by atoms with Crippen LogP contribution in [0.15, 0.2) is 75.9 Å². The molecule has 0 amide bonds. The molecule has 2 aromatic rings. The normalized spacial score (nSPS) is 18.1. The van der Waals surface area contributed by atoms with Gasteiger partial charge in [0.25, 0.3) is 0 Å². The summed E-state index contributed by atoms with van der Waals surface area (Å²) in [5.41, 5.74) is 5.02. The highest BCUT2D eigenvalue weighted by Crippen LogP contribution is 2.61. The number of fused-ring (bicyclic) bond motifs is 1. The van der Waals surface area contributed by atoms with Crippen LogP contribution in [0.25, 0.3) is 5.57 Å². The second-order valence-electron chi connectivity index (χ2n) is 5.97. The van der Waals surface area contributed by atoms with Gasteiger partial charge < -0.3 is 4.74 Å². The molecule has 0 spiro atoms. The molecule has 124 valence electrons. The summed E-state index contributed by atoms with van der Waals surface area (Å²) in [4.78, 5) is 4.12. The van der Waals surface area contributed by atoms with Crippen molar-refractivity contribution in [3.63, 3.8) is 0 Å². The summed E-state index contributed by atoms with van der Waals surface area (Å²) >= 11 is 0. The maximum Gasteiger partial charge on any atom is 0.124 e. The van der Waals surface area contributed by atoms with Crippen molar-refractivity contribution in [2.24, 2.45) is 0 Å². The van der Waals surface area contributed by atoms with Gasteiger partial charge in [0.15, 0.2) is 0 Å². The van der Waals surface area contributed by atoms with E-state index >= 15 is 0 Å². The van der Waals surface area contributed by atoms with Crippen molar-refractivity contribution in [2.45, 2.75) is 30.6 Å². The number of hydrogen-bond acceptors (Lipinski definition) is 1. The largest absolute Gasteiger partial charge is 0.496 e. The molecule has 2 heteroatoms. The first-order valence-corrected chi connectivity index (χ1v) is 9.50. The summed E-state index contributed by atoms with van der Waals surface area (Å²) in [5.74, 6) is 0.985. The van der Waals surface area contributed by atoms with Crippen LogP contribution in [-0.2, 0) is 0 Å². The molecule has 24 heavy (non-hydrogen) atoms. The van der Waals surface area contributed by atoms with Gasteiger partial charge in [-0.3, -0.25) is 0 Å². The Kier molecular flexibility index (Phi) is 4.68. The number of methoxy groups -OCH3 is 1. The zero-order valence-corrected chi connectivity index (χ0v) is 15.7. The SMILES string of the molecule is C=CC1=C(/C=C\C)c2ccccc2[SH]1c1cc(C)c(OC)c(C)c1. The average Bonchev–Trinajstić information content (AvgIpc) is 2.89. The summed E-state index contributed by atoms with van der Waals surface area (Å²) in [7, 11) is 1.18. The van der Waals surface area contributed by atoms with Crippen molar-refractivity contribution in [2.75, 3.05) is 7.11 Å². The first-order valence-electron chi connectivity index (χ1n) is 8.16. The van der Waals surface area contributed by atoms with Gasteiger partial charge in [-0.2, -0.15) is 10.9 Å². The van der Waals surface area contributed by atoms with Crippen molar-refractivity contribution in [1.29, 1.82) is 0 Å². The molecule has 1 aliphatic heterocycles. The lowest BCUT2D eigenvalue weighted by molar-refractivity contribution is 0.408. The van der Waals surface area contributed by atoms with Crippen molar-refractivity contribution < 1.29 is 4.74 Å². The molecule has 0 aromatic heterocycles. The van der Waals surface area contributed by atoms with Crippen LogP contribution in [0.3, 0.4) is 0 Å². The van der Waals surface area contributed by atoms with Crippen molar-refractivity contribution in [1.82, 2.24) is 0 Å². The highest BCUT2D eigenvalue weighted by Gasteiger charge is 2.27. The predicted octanol–water partition coefficient (Wildman–Crippen LogP) is 6.22. The topological polar surface area (TPSA) is 9.23 Å². The number of ether oxygens (including phenoxy) is 1. The standard InChI is InChI=1S/C22H24OS/c1-6-10-18-19-11-8-9-12-21(19)24(20(18)7-2)17-13-15(3)22(23-5)16(4)14-17/h6-14,24H,2H2,1,3-5H3/b10-6-. The van der Waals surface area contributed by atoms with E-state index in [0.717, 1.165) is 5.75 Å². The minimum absolute atomic E-state index is 0.565. The van der Waals surface area contributed by atoms with E-state index in [1.807, 2.05) is 6.08 Å². The van der Waals surface area contributed by atoms with Crippen LogP contribution in [0.1, 0.15) is 23.6 Å². The van der Waals surface area contributed by atoms with E-state index < -0.39 is 10.9 Å². The summed E-state index contributed by atoms with van der Waals surface area (Å²) in [6, 6.07) is 13.3. The van der Waals surface area contributed by atoms with Gasteiger partial charge in [0, 0.05) is 9.80 Å². The van der Waals surface area contributed by atoms with Crippen LogP contribution in [0.2, 0.25) is 0 Å². The predicted molar refractivity (Wildman–Crippen MR) is 106 cm³/mol. The number of benzene rings is 2. The van der Waals surface area contributed by atoms with Gasteiger partial charge in [0.05, 0.1) is 7.11 Å². The third-order valence-electron chi connectivity index (χ3n) is 4.39. The van der Waals surface area contributed by atoms with Gasteiger partial charge in [0.2, 0.25) is 0 Å². The van der Waals surface area contributed by atoms with E-state index in [2.05, 4.69) is 75.9 Å². The van der Waals surface area contributed by atoms with E-state index in [1.165, 1.54) is 37.0 Å². The highest BCUT2D eigenvalue weighted by atomic mass is 32.2. The van der Waals surface area contributed by atoms with Crippen molar-refractivity contribution in [3.8, 4) is 5.75 Å². The van der Waals surface area contributed by atoms with E-state index in [-0.39, 0.29) is 0 Å². The lowest BCUT2D eigenvalue weighted by Gasteiger charge is -2.22. The third kappa shape index (κ3) is 2.61. The lowest BCUT2D eigenvalue weighted by atomic mass is 10.1. The summed E-state index contributed by atoms with van der Waals surface area (Å²) in [5, 5.41) is 0. The molecule has 1 nitrogen and oxygen atoms in total. The van der Waals surface area contributed by atoms with Gasteiger partial charge in [0.1, 0.15) is 5.75 Å². The monoisotopic (exact) mass is 336 g/mol. The summed E-state index contributed by atoms with van der Waals surface area (Å²) < 4.78 is 5.54. The van der Waals surface area contributed by atoms with Crippen LogP contribution in [0.5, 0.6) is 5.75 Å². The fourth-order valence-electron chi connectivity index (χ4n) is 3.48. The molecule has 0 fully saturated rings. The van der Waals surface area contributed by atoms with Gasteiger partial charge in [-0.05, 0) is 66.1 Å². The summed E-state index contributed by atoms with van der Waals surface area (Å²) in [6.45, 7) is 10.4. The Balaban J connectivity index is 2.25. The van der Waals surface area contributed by atoms with Gasteiger partial charge in [-0.15, -0.1) is 0 Å².